The summed E-state index contributed by atoms with van der Waals surface area (Å²) in [5, 5.41) is 6.41. The Labute approximate surface area is 122 Å². The second-order valence-corrected chi connectivity index (χ2v) is 4.98. The molecule has 1 N–H and O–H groups in total. The van der Waals surface area contributed by atoms with Gasteiger partial charge in [-0.05, 0) is 6.42 Å². The third-order valence-corrected chi connectivity index (χ3v) is 3.71. The quantitative estimate of drug-likeness (QED) is 0.844. The summed E-state index contributed by atoms with van der Waals surface area (Å²) in [7, 11) is 3.13. The minimum absolute atomic E-state index is 0.473. The van der Waals surface area contributed by atoms with Gasteiger partial charge in [0.25, 0.3) is 0 Å². The first-order valence-corrected chi connectivity index (χ1v) is 7.27. The monoisotopic (exact) mass is 294 g/mol. The number of hydrogen-bond acceptors (Lipinski definition) is 7. The maximum atomic E-state index is 5.10. The normalized spacial score (nSPS) is 10.3. The predicted octanol–water partition coefficient (Wildman–Crippen LogP) is 2.17. The van der Waals surface area contributed by atoms with E-state index in [-0.39, 0.29) is 0 Å². The first kappa shape index (κ1) is 14.5. The van der Waals surface area contributed by atoms with E-state index in [2.05, 4.69) is 32.6 Å². The molecule has 0 bridgehead atoms. The van der Waals surface area contributed by atoms with Gasteiger partial charge >= 0.3 is 0 Å². The standard InChI is InChI=1S/C13H18N4O2S/c1-4-12-15-9(8-20-12)5-6-14-13-16-10(18-2)7-11(17-13)19-3/h7-8H,4-6H2,1-3H3,(H,14,16,17). The molecule has 20 heavy (non-hydrogen) atoms. The first-order chi connectivity index (χ1) is 9.75. The van der Waals surface area contributed by atoms with E-state index >= 15 is 0 Å². The molecule has 2 heterocycles. The number of aromatic nitrogens is 3. The molecule has 0 aliphatic rings. The highest BCUT2D eigenvalue weighted by Crippen LogP contribution is 2.17. The summed E-state index contributed by atoms with van der Waals surface area (Å²) in [4.78, 5) is 12.9. The SMILES string of the molecule is CCc1nc(CCNc2nc(OC)cc(OC)n2)cs1. The Kier molecular flexibility index (Phi) is 5.11. The van der Waals surface area contributed by atoms with Crippen LogP contribution in [0.5, 0.6) is 11.8 Å². The van der Waals surface area contributed by atoms with Crippen molar-refractivity contribution in [2.24, 2.45) is 0 Å². The fraction of sp³-hybridized carbons (Fsp3) is 0.462. The highest BCUT2D eigenvalue weighted by atomic mass is 32.1. The molecule has 0 amide bonds. The number of hydrogen-bond donors (Lipinski definition) is 1. The van der Waals surface area contributed by atoms with Gasteiger partial charge in [-0.1, -0.05) is 6.92 Å². The lowest BCUT2D eigenvalue weighted by Gasteiger charge is -2.07. The van der Waals surface area contributed by atoms with Crippen molar-refractivity contribution in [1.29, 1.82) is 0 Å². The Morgan fingerprint density at radius 3 is 2.40 bits per heavy atom. The van der Waals surface area contributed by atoms with Gasteiger partial charge in [-0.25, -0.2) is 4.98 Å². The molecule has 0 aliphatic heterocycles. The van der Waals surface area contributed by atoms with Gasteiger partial charge in [0.15, 0.2) is 0 Å². The Hall–Kier alpha value is -1.89. The number of rotatable bonds is 7. The number of nitrogens with zero attached hydrogens (tertiary/aromatic N) is 3. The van der Waals surface area contributed by atoms with Crippen molar-refractivity contribution in [3.63, 3.8) is 0 Å². The summed E-state index contributed by atoms with van der Waals surface area (Å²) in [6, 6.07) is 1.64. The lowest BCUT2D eigenvalue weighted by molar-refractivity contribution is 0.373. The van der Waals surface area contributed by atoms with E-state index in [1.807, 2.05) is 0 Å². The van der Waals surface area contributed by atoms with Gasteiger partial charge in [0.05, 0.1) is 31.0 Å². The van der Waals surface area contributed by atoms with Gasteiger partial charge in [-0.15, -0.1) is 11.3 Å². The zero-order chi connectivity index (χ0) is 14.4. The van der Waals surface area contributed by atoms with Crippen LogP contribution in [0, 0.1) is 0 Å². The van der Waals surface area contributed by atoms with Crippen LogP contribution in [0.4, 0.5) is 5.95 Å². The van der Waals surface area contributed by atoms with E-state index in [0.717, 1.165) is 18.5 Å². The fourth-order valence-corrected chi connectivity index (χ4v) is 2.40. The van der Waals surface area contributed by atoms with Crippen LogP contribution >= 0.6 is 11.3 Å². The lowest BCUT2D eigenvalue weighted by atomic mass is 10.3. The van der Waals surface area contributed by atoms with E-state index in [0.29, 0.717) is 24.3 Å². The predicted molar refractivity (Wildman–Crippen MR) is 78.8 cm³/mol. The molecule has 7 heteroatoms. The Balaban J connectivity index is 1.93. The molecular weight excluding hydrogens is 276 g/mol. The third-order valence-electron chi connectivity index (χ3n) is 2.66. The highest BCUT2D eigenvalue weighted by molar-refractivity contribution is 7.09. The molecular formula is C13H18N4O2S. The Morgan fingerprint density at radius 1 is 1.15 bits per heavy atom. The number of aryl methyl sites for hydroxylation is 1. The summed E-state index contributed by atoms with van der Waals surface area (Å²) in [5.74, 6) is 1.44. The van der Waals surface area contributed by atoms with Gasteiger partial charge in [-0.3, -0.25) is 0 Å². The van der Waals surface area contributed by atoms with E-state index < -0.39 is 0 Å². The molecule has 0 unspecified atom stereocenters. The van der Waals surface area contributed by atoms with E-state index in [1.54, 1.807) is 31.6 Å². The number of methoxy groups -OCH3 is 2. The molecule has 2 rings (SSSR count). The average Bonchev–Trinajstić information content (AvgIpc) is 2.94. The molecule has 0 aromatic carbocycles. The van der Waals surface area contributed by atoms with Crippen LogP contribution < -0.4 is 14.8 Å². The first-order valence-electron chi connectivity index (χ1n) is 6.39. The number of ether oxygens (including phenoxy) is 2. The van der Waals surface area contributed by atoms with Gasteiger partial charge in [0.2, 0.25) is 17.7 Å². The molecule has 0 radical (unpaired) electrons. The summed E-state index contributed by atoms with van der Waals surface area (Å²) in [5.41, 5.74) is 1.09. The van der Waals surface area contributed by atoms with Crippen molar-refractivity contribution in [3.05, 3.63) is 22.1 Å². The van der Waals surface area contributed by atoms with Gasteiger partial charge in [0.1, 0.15) is 0 Å². The smallest absolute Gasteiger partial charge is 0.229 e. The largest absolute Gasteiger partial charge is 0.481 e. The highest BCUT2D eigenvalue weighted by Gasteiger charge is 2.05. The minimum Gasteiger partial charge on any atom is -0.481 e. The number of nitrogens with one attached hydrogen (secondary N) is 1. The van der Waals surface area contributed by atoms with Crippen LogP contribution in [0.15, 0.2) is 11.4 Å². The zero-order valence-corrected chi connectivity index (χ0v) is 12.7. The van der Waals surface area contributed by atoms with Crippen LogP contribution in [0.1, 0.15) is 17.6 Å². The maximum Gasteiger partial charge on any atom is 0.229 e. The van der Waals surface area contributed by atoms with Gasteiger partial charge in [-0.2, -0.15) is 9.97 Å². The van der Waals surface area contributed by atoms with Gasteiger partial charge < -0.3 is 14.8 Å². The van der Waals surface area contributed by atoms with Crippen molar-refractivity contribution in [2.75, 3.05) is 26.1 Å². The number of anilines is 1. The molecule has 0 saturated heterocycles. The van der Waals surface area contributed by atoms with Crippen molar-refractivity contribution >= 4 is 17.3 Å². The molecule has 2 aromatic heterocycles. The average molecular weight is 294 g/mol. The second kappa shape index (κ2) is 7.04. The molecule has 2 aromatic rings. The number of thiazole rings is 1. The summed E-state index contributed by atoms with van der Waals surface area (Å²) < 4.78 is 10.2. The summed E-state index contributed by atoms with van der Waals surface area (Å²) >= 11 is 1.70. The van der Waals surface area contributed by atoms with E-state index in [4.69, 9.17) is 9.47 Å². The third kappa shape index (κ3) is 3.80. The van der Waals surface area contributed by atoms with E-state index in [9.17, 15) is 0 Å². The van der Waals surface area contributed by atoms with Crippen LogP contribution in [0.3, 0.4) is 0 Å². The minimum atomic E-state index is 0.473. The molecule has 6 nitrogen and oxygen atoms in total. The van der Waals surface area contributed by atoms with Crippen molar-refractivity contribution in [1.82, 2.24) is 15.0 Å². The van der Waals surface area contributed by atoms with Gasteiger partial charge in [0, 0.05) is 18.3 Å². The molecule has 0 spiro atoms. The van der Waals surface area contributed by atoms with Crippen LogP contribution in [0.2, 0.25) is 0 Å². The van der Waals surface area contributed by atoms with Crippen LogP contribution in [-0.4, -0.2) is 35.7 Å². The molecule has 0 atom stereocenters. The zero-order valence-electron chi connectivity index (χ0n) is 11.8. The summed E-state index contributed by atoms with van der Waals surface area (Å²) in [6.07, 6.45) is 1.81. The van der Waals surface area contributed by atoms with E-state index in [1.165, 1.54) is 5.01 Å². The molecule has 108 valence electrons. The lowest BCUT2D eigenvalue weighted by Crippen LogP contribution is -2.09. The molecule has 0 saturated carbocycles. The second-order valence-electron chi connectivity index (χ2n) is 4.04. The topological polar surface area (TPSA) is 69.2 Å². The van der Waals surface area contributed by atoms with Crippen molar-refractivity contribution in [2.45, 2.75) is 19.8 Å². The molecule has 0 fully saturated rings. The van der Waals surface area contributed by atoms with Crippen LogP contribution in [0.25, 0.3) is 0 Å². The van der Waals surface area contributed by atoms with Crippen LogP contribution in [-0.2, 0) is 12.8 Å². The fourth-order valence-electron chi connectivity index (χ4n) is 1.62. The van der Waals surface area contributed by atoms with Crippen molar-refractivity contribution < 1.29 is 9.47 Å². The van der Waals surface area contributed by atoms with Crippen molar-refractivity contribution in [3.8, 4) is 11.8 Å². The Morgan fingerprint density at radius 2 is 1.85 bits per heavy atom. The summed E-state index contributed by atoms with van der Waals surface area (Å²) in [6.45, 7) is 2.82. The molecule has 0 aliphatic carbocycles. The maximum absolute atomic E-state index is 5.10. The Bertz CT molecular complexity index is 537.